The van der Waals surface area contributed by atoms with Crippen LogP contribution in [0.3, 0.4) is 0 Å². The average Bonchev–Trinajstić information content (AvgIpc) is 2.74. The number of ether oxygens (including phenoxy) is 2. The van der Waals surface area contributed by atoms with Crippen LogP contribution in [-0.4, -0.2) is 38.7 Å². The number of ketones is 1. The van der Waals surface area contributed by atoms with Crippen molar-refractivity contribution in [2.45, 2.75) is 6.92 Å². The van der Waals surface area contributed by atoms with Crippen LogP contribution in [0.1, 0.15) is 22.8 Å². The summed E-state index contributed by atoms with van der Waals surface area (Å²) in [4.78, 5) is 18.5. The molecule has 5 nitrogen and oxygen atoms in total. The number of morpholine rings is 1. The Labute approximate surface area is 162 Å². The number of nitrogens with one attached hydrogen (secondary N) is 1. The first-order valence-corrected chi connectivity index (χ1v) is 9.41. The van der Waals surface area contributed by atoms with Crippen LogP contribution in [0.25, 0.3) is 10.9 Å². The van der Waals surface area contributed by atoms with Crippen LogP contribution in [-0.2, 0) is 4.74 Å². The summed E-state index contributed by atoms with van der Waals surface area (Å²) in [5, 5.41) is 0.693. The third-order valence-corrected chi connectivity index (χ3v) is 4.86. The molecule has 1 aliphatic heterocycles. The van der Waals surface area contributed by atoms with Gasteiger partial charge in [-0.05, 0) is 43.3 Å². The summed E-state index contributed by atoms with van der Waals surface area (Å²) in [7, 11) is 0. The van der Waals surface area contributed by atoms with Crippen LogP contribution < -0.4 is 14.6 Å². The number of carbonyl (C=O) groups excluding carboxylic acids is 1. The maximum Gasteiger partial charge on any atom is 0.213 e. The van der Waals surface area contributed by atoms with E-state index in [2.05, 4.69) is 9.88 Å². The molecule has 2 aromatic carbocycles. The molecular formula is C22H22FN2O3+. The van der Waals surface area contributed by atoms with Gasteiger partial charge in [0.25, 0.3) is 0 Å². The van der Waals surface area contributed by atoms with E-state index < -0.39 is 0 Å². The maximum absolute atomic E-state index is 14.0. The van der Waals surface area contributed by atoms with E-state index in [-0.39, 0.29) is 11.6 Å². The van der Waals surface area contributed by atoms with E-state index in [9.17, 15) is 9.18 Å². The highest BCUT2D eigenvalue weighted by Crippen LogP contribution is 2.31. The Morgan fingerprint density at radius 3 is 2.64 bits per heavy atom. The second-order valence-electron chi connectivity index (χ2n) is 6.63. The molecule has 0 amide bonds. The van der Waals surface area contributed by atoms with Gasteiger partial charge in [-0.1, -0.05) is 0 Å². The number of nitrogens with zero attached hydrogens (tertiary/aromatic N) is 1. The second kappa shape index (κ2) is 7.94. The van der Waals surface area contributed by atoms with Crippen LogP contribution in [0.15, 0.2) is 48.7 Å². The molecule has 1 fully saturated rings. The van der Waals surface area contributed by atoms with Crippen molar-refractivity contribution >= 4 is 22.4 Å². The summed E-state index contributed by atoms with van der Waals surface area (Å²) in [5.74, 6) is 0.271. The molecule has 0 spiro atoms. The van der Waals surface area contributed by atoms with Crippen molar-refractivity contribution in [2.24, 2.45) is 0 Å². The van der Waals surface area contributed by atoms with Crippen molar-refractivity contribution in [3.05, 3.63) is 65.6 Å². The van der Waals surface area contributed by atoms with Gasteiger partial charge in [-0.3, -0.25) is 4.79 Å². The molecule has 2 heterocycles. The van der Waals surface area contributed by atoms with Crippen LogP contribution in [0.5, 0.6) is 5.75 Å². The van der Waals surface area contributed by atoms with Gasteiger partial charge in [-0.25, -0.2) is 9.37 Å². The zero-order valence-corrected chi connectivity index (χ0v) is 15.7. The predicted octanol–water partition coefficient (Wildman–Crippen LogP) is 3.26. The van der Waals surface area contributed by atoms with E-state index in [1.165, 1.54) is 12.1 Å². The number of hydrogen-bond acceptors (Lipinski definition) is 4. The smallest absolute Gasteiger partial charge is 0.213 e. The fourth-order valence-corrected chi connectivity index (χ4v) is 3.53. The molecule has 0 saturated carbocycles. The van der Waals surface area contributed by atoms with Gasteiger partial charge < -0.3 is 14.4 Å². The minimum atomic E-state index is -0.332. The van der Waals surface area contributed by atoms with Gasteiger partial charge in [-0.2, -0.15) is 0 Å². The van der Waals surface area contributed by atoms with Crippen molar-refractivity contribution < 1.29 is 23.6 Å². The Morgan fingerprint density at radius 1 is 1.18 bits per heavy atom. The average molecular weight is 381 g/mol. The van der Waals surface area contributed by atoms with E-state index >= 15 is 0 Å². The molecule has 0 aliphatic carbocycles. The van der Waals surface area contributed by atoms with Gasteiger partial charge in [0.05, 0.1) is 30.9 Å². The zero-order valence-electron chi connectivity index (χ0n) is 15.7. The third kappa shape index (κ3) is 3.55. The van der Waals surface area contributed by atoms with Crippen LogP contribution in [0.4, 0.5) is 10.1 Å². The highest BCUT2D eigenvalue weighted by atomic mass is 19.1. The maximum atomic E-state index is 14.0. The van der Waals surface area contributed by atoms with Gasteiger partial charge >= 0.3 is 0 Å². The highest BCUT2D eigenvalue weighted by Gasteiger charge is 2.26. The minimum absolute atomic E-state index is 0.119. The molecule has 144 valence electrons. The van der Waals surface area contributed by atoms with Crippen molar-refractivity contribution in [3.8, 4) is 5.75 Å². The van der Waals surface area contributed by atoms with Gasteiger partial charge in [0, 0.05) is 24.7 Å². The number of anilines is 1. The Bertz CT molecular complexity index is 999. The molecule has 1 aromatic heterocycles. The molecule has 1 aliphatic rings. The lowest BCUT2D eigenvalue weighted by Crippen LogP contribution is -2.37. The molecule has 0 atom stereocenters. The van der Waals surface area contributed by atoms with Gasteiger partial charge in [0.1, 0.15) is 17.1 Å². The number of pyridine rings is 1. The quantitative estimate of drug-likeness (QED) is 0.637. The van der Waals surface area contributed by atoms with Crippen molar-refractivity contribution in [3.63, 3.8) is 0 Å². The van der Waals surface area contributed by atoms with Crippen molar-refractivity contribution in [1.82, 2.24) is 0 Å². The molecule has 4 rings (SSSR count). The first-order chi connectivity index (χ1) is 13.7. The summed E-state index contributed by atoms with van der Waals surface area (Å²) >= 11 is 0. The zero-order chi connectivity index (χ0) is 19.5. The van der Waals surface area contributed by atoms with E-state index in [1.807, 2.05) is 6.92 Å². The summed E-state index contributed by atoms with van der Waals surface area (Å²) in [6.07, 6.45) is 1.71. The van der Waals surface area contributed by atoms with Crippen LogP contribution >= 0.6 is 0 Å². The standard InChI is InChI=1S/C22H21FN2O3/c1-2-28-17-6-3-15(4-7-17)22(26)19-14-24-20-8-5-16(23)13-18(20)21(19)25-9-11-27-12-10-25/h3-8,13-14H,2,9-12H2,1H3/p+1. The largest absolute Gasteiger partial charge is 0.494 e. The Morgan fingerprint density at radius 2 is 1.93 bits per heavy atom. The molecule has 0 radical (unpaired) electrons. The summed E-state index contributed by atoms with van der Waals surface area (Å²) < 4.78 is 24.9. The van der Waals surface area contributed by atoms with E-state index in [4.69, 9.17) is 9.47 Å². The highest BCUT2D eigenvalue weighted by molar-refractivity contribution is 6.15. The Hall–Kier alpha value is -2.99. The van der Waals surface area contributed by atoms with E-state index in [1.54, 1.807) is 36.5 Å². The van der Waals surface area contributed by atoms with Gasteiger partial charge in [0.2, 0.25) is 11.3 Å². The first kappa shape index (κ1) is 18.4. The summed E-state index contributed by atoms with van der Waals surface area (Å²) in [5.41, 5.74) is 2.60. The number of aromatic nitrogens is 1. The lowest BCUT2D eigenvalue weighted by Gasteiger charge is -2.30. The normalized spacial score (nSPS) is 14.3. The monoisotopic (exact) mass is 381 g/mol. The van der Waals surface area contributed by atoms with E-state index in [0.717, 1.165) is 17.0 Å². The lowest BCUT2D eigenvalue weighted by molar-refractivity contribution is -0.344. The number of fused-ring (bicyclic) bond motifs is 1. The summed E-state index contributed by atoms with van der Waals surface area (Å²) in [6, 6.07) is 11.7. The molecular weight excluding hydrogens is 359 g/mol. The number of H-pyrrole nitrogens is 1. The topological polar surface area (TPSA) is 52.9 Å². The number of carbonyl (C=O) groups is 1. The van der Waals surface area contributed by atoms with Crippen LogP contribution in [0, 0.1) is 5.82 Å². The fourth-order valence-electron chi connectivity index (χ4n) is 3.53. The minimum Gasteiger partial charge on any atom is -0.494 e. The van der Waals surface area contributed by atoms with Gasteiger partial charge in [0.15, 0.2) is 6.20 Å². The predicted molar refractivity (Wildman–Crippen MR) is 105 cm³/mol. The SMILES string of the molecule is CCOc1ccc(C(=O)c2c[nH+]c3ccc(F)cc3c2N2CCOCC2)cc1. The van der Waals surface area contributed by atoms with Crippen LogP contribution in [0.2, 0.25) is 0 Å². The molecule has 1 N–H and O–H groups in total. The Balaban J connectivity index is 1.81. The first-order valence-electron chi connectivity index (χ1n) is 9.41. The fraction of sp³-hybridized carbons (Fsp3) is 0.273. The number of halogens is 1. The third-order valence-electron chi connectivity index (χ3n) is 4.86. The number of benzene rings is 2. The Kier molecular flexibility index (Phi) is 5.21. The molecule has 1 saturated heterocycles. The number of aromatic amines is 1. The summed E-state index contributed by atoms with van der Waals surface area (Å²) in [6.45, 7) is 4.94. The lowest BCUT2D eigenvalue weighted by atomic mass is 9.99. The molecule has 3 aromatic rings. The molecule has 6 heteroatoms. The molecule has 0 bridgehead atoms. The van der Waals surface area contributed by atoms with Crippen molar-refractivity contribution in [1.29, 1.82) is 0 Å². The molecule has 28 heavy (non-hydrogen) atoms. The van der Waals surface area contributed by atoms with Crippen molar-refractivity contribution in [2.75, 3.05) is 37.8 Å². The van der Waals surface area contributed by atoms with Gasteiger partial charge in [-0.15, -0.1) is 0 Å². The van der Waals surface area contributed by atoms with E-state index in [0.29, 0.717) is 49.4 Å². The number of rotatable bonds is 5. The second-order valence-corrected chi connectivity index (χ2v) is 6.63. The molecule has 0 unspecified atom stereocenters. The number of hydrogen-bond donors (Lipinski definition) is 0.